The van der Waals surface area contributed by atoms with Gasteiger partial charge >= 0.3 is 12.0 Å². The monoisotopic (exact) mass is 357 g/mol. The average Bonchev–Trinajstić information content (AvgIpc) is 2.85. The standard InChI is InChI=1S/C13H19N5O5S/c1-6-7(8(19)23-5)13(9(20)17(4)11(15-3)24-13)12(2,22)18(6)16-10(14)21/h22H,1-5H3,(H3,14,16,21). The number of carbonyl (C=O) groups is 3. The molecule has 24 heavy (non-hydrogen) atoms. The van der Waals surface area contributed by atoms with Crippen LogP contribution in [0.1, 0.15) is 13.8 Å². The number of nitrogens with zero attached hydrogens (tertiary/aromatic N) is 3. The SMILES string of the molecule is CN=C1SC2(C(=O)N1C)C(C(=O)OC)=C(C)N(NC(N)=O)C2(C)O. The van der Waals surface area contributed by atoms with Crippen molar-refractivity contribution in [2.24, 2.45) is 10.7 Å². The second kappa shape index (κ2) is 5.67. The van der Waals surface area contributed by atoms with Crippen molar-refractivity contribution < 1.29 is 24.2 Å². The van der Waals surface area contributed by atoms with E-state index in [1.807, 2.05) is 0 Å². The molecule has 2 unspecified atom stereocenters. The maximum Gasteiger partial charge on any atom is 0.337 e. The van der Waals surface area contributed by atoms with Crippen molar-refractivity contribution in [3.8, 4) is 0 Å². The number of methoxy groups -OCH3 is 1. The van der Waals surface area contributed by atoms with Gasteiger partial charge in [-0.3, -0.25) is 19.7 Å². The van der Waals surface area contributed by atoms with E-state index in [1.165, 1.54) is 32.8 Å². The molecule has 0 saturated carbocycles. The summed E-state index contributed by atoms with van der Waals surface area (Å²) in [7, 11) is 4.14. The highest BCUT2D eigenvalue weighted by atomic mass is 32.2. The molecule has 2 heterocycles. The zero-order valence-corrected chi connectivity index (χ0v) is 14.7. The first-order valence-corrected chi connectivity index (χ1v) is 7.70. The van der Waals surface area contributed by atoms with E-state index in [4.69, 9.17) is 10.5 Å². The van der Waals surface area contributed by atoms with E-state index in [1.54, 1.807) is 0 Å². The number of nitrogens with one attached hydrogen (secondary N) is 1. The number of hydrogen-bond acceptors (Lipinski definition) is 8. The first-order valence-electron chi connectivity index (χ1n) is 6.88. The molecule has 0 radical (unpaired) electrons. The van der Waals surface area contributed by atoms with Gasteiger partial charge in [0.05, 0.1) is 12.7 Å². The normalized spacial score (nSPS) is 31.4. The lowest BCUT2D eigenvalue weighted by Crippen LogP contribution is -2.64. The largest absolute Gasteiger partial charge is 0.466 e. The lowest BCUT2D eigenvalue weighted by molar-refractivity contribution is -0.148. The maximum atomic E-state index is 13.0. The van der Waals surface area contributed by atoms with Crippen molar-refractivity contribution in [3.05, 3.63) is 11.3 Å². The smallest absolute Gasteiger partial charge is 0.337 e. The number of hydrazine groups is 1. The van der Waals surface area contributed by atoms with Crippen LogP contribution in [0.25, 0.3) is 0 Å². The molecule has 2 aliphatic heterocycles. The number of nitrogens with two attached hydrogens (primary N) is 1. The fourth-order valence-electron chi connectivity index (χ4n) is 3.01. The third-order valence-corrected chi connectivity index (χ3v) is 5.80. The van der Waals surface area contributed by atoms with Gasteiger partial charge in [-0.05, 0) is 13.8 Å². The van der Waals surface area contributed by atoms with E-state index in [-0.39, 0.29) is 11.3 Å². The summed E-state index contributed by atoms with van der Waals surface area (Å²) in [5.74, 6) is -1.36. The van der Waals surface area contributed by atoms with Crippen LogP contribution in [0.4, 0.5) is 4.79 Å². The molecule has 1 spiro atoms. The molecule has 2 rings (SSSR count). The molecular weight excluding hydrogens is 338 g/mol. The number of aliphatic imine (C=N–C) groups is 1. The predicted molar refractivity (Wildman–Crippen MR) is 86.3 cm³/mol. The van der Waals surface area contributed by atoms with Gasteiger partial charge in [0.15, 0.2) is 15.6 Å². The van der Waals surface area contributed by atoms with Crippen LogP contribution in [-0.4, -0.2) is 69.8 Å². The Kier molecular flexibility index (Phi) is 4.27. The zero-order valence-electron chi connectivity index (χ0n) is 13.9. The molecule has 4 N–H and O–H groups in total. The number of esters is 1. The van der Waals surface area contributed by atoms with Crippen molar-refractivity contribution >= 4 is 34.8 Å². The van der Waals surface area contributed by atoms with Crippen LogP contribution in [-0.2, 0) is 14.3 Å². The number of carbonyl (C=O) groups excluding carboxylic acids is 3. The van der Waals surface area contributed by atoms with Crippen LogP contribution >= 0.6 is 11.8 Å². The first kappa shape index (κ1) is 18.1. The fraction of sp³-hybridized carbons (Fsp3) is 0.538. The van der Waals surface area contributed by atoms with Crippen molar-refractivity contribution in [1.29, 1.82) is 0 Å². The third-order valence-electron chi connectivity index (χ3n) is 4.09. The topological polar surface area (TPSA) is 138 Å². The number of rotatable bonds is 2. The Balaban J connectivity index is 2.75. The number of amidine groups is 1. The van der Waals surface area contributed by atoms with Gasteiger partial charge in [0, 0.05) is 19.8 Å². The Bertz CT molecular complexity index is 688. The van der Waals surface area contributed by atoms with Crippen molar-refractivity contribution in [2.75, 3.05) is 21.2 Å². The summed E-state index contributed by atoms with van der Waals surface area (Å²) in [5, 5.41) is 12.4. The molecule has 0 aromatic carbocycles. The Morgan fingerprint density at radius 1 is 1.46 bits per heavy atom. The minimum absolute atomic E-state index is 0.0794. The van der Waals surface area contributed by atoms with Crippen LogP contribution in [0.2, 0.25) is 0 Å². The molecule has 10 nitrogen and oxygen atoms in total. The summed E-state index contributed by atoms with van der Waals surface area (Å²) >= 11 is 0.914. The van der Waals surface area contributed by atoms with Crippen molar-refractivity contribution in [1.82, 2.24) is 15.3 Å². The number of allylic oxidation sites excluding steroid dienone is 1. The molecule has 132 valence electrons. The summed E-state index contributed by atoms with van der Waals surface area (Å²) in [6, 6.07) is -0.955. The second-order valence-corrected chi connectivity index (χ2v) is 6.62. The minimum atomic E-state index is -1.99. The minimum Gasteiger partial charge on any atom is -0.466 e. The summed E-state index contributed by atoms with van der Waals surface area (Å²) in [4.78, 5) is 41.9. The lowest BCUT2D eigenvalue weighted by atomic mass is 9.89. The molecule has 1 saturated heterocycles. The van der Waals surface area contributed by atoms with Gasteiger partial charge in [0.25, 0.3) is 5.91 Å². The van der Waals surface area contributed by atoms with Crippen LogP contribution < -0.4 is 11.2 Å². The quantitative estimate of drug-likeness (QED) is 0.537. The second-order valence-electron chi connectivity index (χ2n) is 5.44. The Hall–Kier alpha value is -2.27. The molecule has 3 amide bonds. The van der Waals surface area contributed by atoms with Gasteiger partial charge < -0.3 is 15.6 Å². The molecular formula is C13H19N5O5S. The highest BCUT2D eigenvalue weighted by Crippen LogP contribution is 2.56. The third kappa shape index (κ3) is 2.08. The highest BCUT2D eigenvalue weighted by molar-refractivity contribution is 8.16. The number of ether oxygens (including phenoxy) is 1. The molecule has 0 aliphatic carbocycles. The van der Waals surface area contributed by atoms with Gasteiger partial charge in [-0.15, -0.1) is 0 Å². The van der Waals surface area contributed by atoms with Gasteiger partial charge in [0.1, 0.15) is 0 Å². The number of aliphatic hydroxyl groups is 1. The van der Waals surface area contributed by atoms with Crippen LogP contribution in [0.3, 0.4) is 0 Å². The first-order chi connectivity index (χ1) is 11.1. The van der Waals surface area contributed by atoms with E-state index in [9.17, 15) is 19.5 Å². The number of thioether (sulfide) groups is 1. The Morgan fingerprint density at radius 3 is 2.46 bits per heavy atom. The molecule has 0 aromatic rings. The summed E-state index contributed by atoms with van der Waals surface area (Å²) in [6.07, 6.45) is 0. The van der Waals surface area contributed by atoms with Crippen LogP contribution in [0.15, 0.2) is 16.3 Å². The summed E-state index contributed by atoms with van der Waals surface area (Å²) < 4.78 is 3.03. The van der Waals surface area contributed by atoms with Gasteiger partial charge in [0.2, 0.25) is 0 Å². The number of hydrogen-bond donors (Lipinski definition) is 3. The van der Waals surface area contributed by atoms with E-state index < -0.39 is 28.4 Å². The molecule has 1 fully saturated rings. The maximum absolute atomic E-state index is 13.0. The number of amides is 3. The van der Waals surface area contributed by atoms with E-state index in [0.717, 1.165) is 23.9 Å². The Morgan fingerprint density at radius 2 is 2.04 bits per heavy atom. The number of primary amides is 1. The Labute approximate surface area is 142 Å². The van der Waals surface area contributed by atoms with Crippen molar-refractivity contribution in [3.63, 3.8) is 0 Å². The molecule has 2 atom stereocenters. The van der Waals surface area contributed by atoms with Gasteiger partial charge in [-0.25, -0.2) is 15.0 Å². The van der Waals surface area contributed by atoms with Gasteiger partial charge in [-0.1, -0.05) is 11.8 Å². The lowest BCUT2D eigenvalue weighted by Gasteiger charge is -2.40. The van der Waals surface area contributed by atoms with Crippen LogP contribution in [0.5, 0.6) is 0 Å². The molecule has 2 aliphatic rings. The zero-order chi connectivity index (χ0) is 18.4. The predicted octanol–water partition coefficient (Wildman–Crippen LogP) is -1.03. The average molecular weight is 357 g/mol. The molecule has 11 heteroatoms. The molecule has 0 bridgehead atoms. The summed E-state index contributed by atoms with van der Waals surface area (Å²) in [6.45, 7) is 2.78. The van der Waals surface area contributed by atoms with E-state index in [2.05, 4.69) is 10.4 Å². The fourth-order valence-corrected chi connectivity index (χ4v) is 4.44. The summed E-state index contributed by atoms with van der Waals surface area (Å²) in [5.41, 5.74) is 5.47. The van der Waals surface area contributed by atoms with E-state index in [0.29, 0.717) is 5.17 Å². The van der Waals surface area contributed by atoms with Gasteiger partial charge in [-0.2, -0.15) is 0 Å². The number of urea groups is 1. The van der Waals surface area contributed by atoms with E-state index >= 15 is 0 Å². The van der Waals surface area contributed by atoms with Crippen molar-refractivity contribution in [2.45, 2.75) is 24.3 Å². The molecule has 0 aromatic heterocycles. The highest BCUT2D eigenvalue weighted by Gasteiger charge is 2.71. The van der Waals surface area contributed by atoms with Crippen LogP contribution in [0, 0.1) is 0 Å².